The molecule has 0 radical (unpaired) electrons. The number of aliphatic imine (C=N–C) groups is 1. The normalized spacial score (nSPS) is 12.5. The number of fused-ring (bicyclic) bond motifs is 2. The highest BCUT2D eigenvalue weighted by atomic mass is 16.3. The number of nitrogens with one attached hydrogen (secondary N) is 1. The molecule has 9 heteroatoms. The van der Waals surface area contributed by atoms with Gasteiger partial charge in [-0.25, -0.2) is 0 Å². The first-order chi connectivity index (χ1) is 16.7. The molecule has 180 valence electrons. The zero-order chi connectivity index (χ0) is 25.2. The number of phenolic OH excluding ortho intramolecular Hbond substituents is 6. The van der Waals surface area contributed by atoms with Gasteiger partial charge in [0.2, 0.25) is 0 Å². The molecule has 4 aromatic rings. The van der Waals surface area contributed by atoms with Crippen molar-refractivity contribution in [2.45, 2.75) is 26.7 Å². The lowest BCUT2D eigenvalue weighted by molar-refractivity contribution is 0.397. The van der Waals surface area contributed by atoms with E-state index in [2.05, 4.69) is 9.98 Å². The molecular weight excluding hydrogens is 450 g/mol. The van der Waals surface area contributed by atoms with Gasteiger partial charge in [0.15, 0.2) is 34.5 Å². The van der Waals surface area contributed by atoms with Gasteiger partial charge in [0.05, 0.1) is 16.8 Å². The molecule has 0 saturated heterocycles. The van der Waals surface area contributed by atoms with E-state index >= 15 is 0 Å². The van der Waals surface area contributed by atoms with Crippen LogP contribution in [0.1, 0.15) is 22.3 Å². The van der Waals surface area contributed by atoms with E-state index in [1.165, 1.54) is 0 Å². The SMILES string of the molecule is Cc1c(CCN)cc(-c2c(O)c(O)c(-c3c(O)c(O)c(C)c4c3CC=N4)c3cc[nH]c23)c(O)c1O. The van der Waals surface area contributed by atoms with Crippen molar-refractivity contribution >= 4 is 22.8 Å². The van der Waals surface area contributed by atoms with Crippen LogP contribution >= 0.6 is 0 Å². The third-order valence-electron chi connectivity index (χ3n) is 6.81. The maximum atomic E-state index is 11.3. The van der Waals surface area contributed by atoms with Gasteiger partial charge in [0.25, 0.3) is 0 Å². The molecule has 0 aliphatic carbocycles. The summed E-state index contributed by atoms with van der Waals surface area (Å²) in [6, 6.07) is 3.27. The van der Waals surface area contributed by atoms with E-state index in [0.717, 1.165) is 0 Å². The minimum absolute atomic E-state index is 0.0704. The topological polar surface area (TPSA) is 176 Å². The number of nitrogens with zero attached hydrogens (tertiary/aromatic N) is 1. The zero-order valence-corrected chi connectivity index (χ0v) is 19.1. The summed E-state index contributed by atoms with van der Waals surface area (Å²) in [6.45, 7) is 3.60. The molecule has 3 aromatic carbocycles. The third-order valence-corrected chi connectivity index (χ3v) is 6.81. The average Bonchev–Trinajstić information content (AvgIpc) is 3.51. The summed E-state index contributed by atoms with van der Waals surface area (Å²) >= 11 is 0. The molecule has 1 aliphatic rings. The van der Waals surface area contributed by atoms with Crippen molar-refractivity contribution in [2.75, 3.05) is 6.54 Å². The Morgan fingerprint density at radius 3 is 2.23 bits per heavy atom. The minimum Gasteiger partial charge on any atom is -0.504 e. The lowest BCUT2D eigenvalue weighted by Gasteiger charge is -2.20. The molecule has 0 amide bonds. The molecular formula is C26H25N3O6. The van der Waals surface area contributed by atoms with Gasteiger partial charge in [0, 0.05) is 46.5 Å². The van der Waals surface area contributed by atoms with Crippen LogP contribution in [0.15, 0.2) is 23.3 Å². The smallest absolute Gasteiger partial charge is 0.168 e. The lowest BCUT2D eigenvalue weighted by atomic mass is 9.87. The molecule has 9 nitrogen and oxygen atoms in total. The highest BCUT2D eigenvalue weighted by molar-refractivity contribution is 6.12. The number of H-pyrrole nitrogens is 1. The van der Waals surface area contributed by atoms with E-state index in [1.807, 2.05) is 0 Å². The van der Waals surface area contributed by atoms with Crippen LogP contribution in [0.25, 0.3) is 33.2 Å². The van der Waals surface area contributed by atoms with Crippen LogP contribution < -0.4 is 5.73 Å². The highest BCUT2D eigenvalue weighted by Crippen LogP contribution is 2.57. The number of aromatic nitrogens is 1. The standard InChI is InChI=1S/C26H25N3O6/c1-10-12(3-6-27)9-15(23(32)21(10)30)18-20-14(5-8-29-20)17(25(34)26(18)35)16-13-4-7-28-19(13)11(2)22(31)24(16)33/h5,7-9,29-35H,3-4,6,27H2,1-2H3. The summed E-state index contributed by atoms with van der Waals surface area (Å²) in [6.07, 6.45) is 4.02. The Morgan fingerprint density at radius 2 is 1.51 bits per heavy atom. The van der Waals surface area contributed by atoms with Crippen LogP contribution in [0.4, 0.5) is 5.69 Å². The second-order valence-corrected chi connectivity index (χ2v) is 8.70. The molecule has 0 bridgehead atoms. The Balaban J connectivity index is 1.88. The maximum Gasteiger partial charge on any atom is 0.168 e. The number of hydrogen-bond donors (Lipinski definition) is 8. The van der Waals surface area contributed by atoms with Crippen molar-refractivity contribution in [3.63, 3.8) is 0 Å². The van der Waals surface area contributed by atoms with E-state index in [-0.39, 0.29) is 33.8 Å². The Bertz CT molecular complexity index is 1570. The van der Waals surface area contributed by atoms with E-state index in [0.29, 0.717) is 58.2 Å². The molecule has 2 heterocycles. The predicted octanol–water partition coefficient (Wildman–Crippen LogP) is 4.11. The monoisotopic (exact) mass is 475 g/mol. The molecule has 9 N–H and O–H groups in total. The van der Waals surface area contributed by atoms with Crippen molar-refractivity contribution in [3.05, 3.63) is 40.6 Å². The molecule has 1 aliphatic heterocycles. The fraction of sp³-hybridized carbons (Fsp3) is 0.192. The van der Waals surface area contributed by atoms with E-state index in [9.17, 15) is 30.6 Å². The average molecular weight is 476 g/mol. The predicted molar refractivity (Wildman–Crippen MR) is 133 cm³/mol. The molecule has 35 heavy (non-hydrogen) atoms. The van der Waals surface area contributed by atoms with Gasteiger partial charge in [-0.15, -0.1) is 0 Å². The maximum absolute atomic E-state index is 11.3. The summed E-state index contributed by atoms with van der Waals surface area (Å²) < 4.78 is 0. The number of benzene rings is 3. The fourth-order valence-electron chi connectivity index (χ4n) is 4.96. The number of hydrogen-bond acceptors (Lipinski definition) is 8. The van der Waals surface area contributed by atoms with Gasteiger partial charge in [-0.2, -0.15) is 0 Å². The number of rotatable bonds is 4. The van der Waals surface area contributed by atoms with Gasteiger partial charge in [-0.3, -0.25) is 4.99 Å². The van der Waals surface area contributed by atoms with Crippen LogP contribution in [-0.4, -0.2) is 48.4 Å². The summed E-state index contributed by atoms with van der Waals surface area (Å²) in [5.74, 6) is -2.72. The van der Waals surface area contributed by atoms with Crippen molar-refractivity contribution in [2.24, 2.45) is 10.7 Å². The Morgan fingerprint density at radius 1 is 0.857 bits per heavy atom. The van der Waals surface area contributed by atoms with Crippen LogP contribution in [-0.2, 0) is 12.8 Å². The van der Waals surface area contributed by atoms with Crippen LogP contribution in [0.5, 0.6) is 34.5 Å². The van der Waals surface area contributed by atoms with E-state index in [4.69, 9.17) is 5.73 Å². The third kappa shape index (κ3) is 3.01. The van der Waals surface area contributed by atoms with Gasteiger partial charge in [0.1, 0.15) is 0 Å². The van der Waals surface area contributed by atoms with Crippen molar-refractivity contribution in [1.29, 1.82) is 0 Å². The van der Waals surface area contributed by atoms with Crippen LogP contribution in [0.3, 0.4) is 0 Å². The Labute approximate surface area is 200 Å². The molecule has 0 saturated carbocycles. The highest BCUT2D eigenvalue weighted by Gasteiger charge is 2.31. The summed E-state index contributed by atoms with van der Waals surface area (Å²) in [5, 5.41) is 65.7. The minimum atomic E-state index is -0.570. The second kappa shape index (κ2) is 7.85. The van der Waals surface area contributed by atoms with E-state index in [1.54, 1.807) is 38.4 Å². The van der Waals surface area contributed by atoms with Crippen LogP contribution in [0.2, 0.25) is 0 Å². The fourth-order valence-corrected chi connectivity index (χ4v) is 4.96. The van der Waals surface area contributed by atoms with Crippen molar-refractivity contribution in [3.8, 4) is 56.8 Å². The first kappa shape index (κ1) is 22.4. The first-order valence-corrected chi connectivity index (χ1v) is 11.1. The Hall–Kier alpha value is -4.37. The number of aromatic hydroxyl groups is 6. The molecule has 0 atom stereocenters. The number of phenols is 6. The number of aromatic amines is 1. The van der Waals surface area contributed by atoms with Crippen molar-refractivity contribution in [1.82, 2.24) is 4.98 Å². The molecule has 0 fully saturated rings. The van der Waals surface area contributed by atoms with Gasteiger partial charge in [-0.1, -0.05) is 0 Å². The van der Waals surface area contributed by atoms with Crippen LogP contribution in [0, 0.1) is 13.8 Å². The second-order valence-electron chi connectivity index (χ2n) is 8.70. The first-order valence-electron chi connectivity index (χ1n) is 11.1. The number of nitrogens with two attached hydrogens (primary N) is 1. The Kier molecular flexibility index (Phi) is 5.03. The molecule has 0 spiro atoms. The lowest BCUT2D eigenvalue weighted by Crippen LogP contribution is -2.04. The van der Waals surface area contributed by atoms with Gasteiger partial charge in [-0.05, 0) is 55.6 Å². The zero-order valence-electron chi connectivity index (χ0n) is 19.1. The van der Waals surface area contributed by atoms with Crippen molar-refractivity contribution < 1.29 is 30.6 Å². The summed E-state index contributed by atoms with van der Waals surface area (Å²) in [7, 11) is 0. The molecule has 1 aromatic heterocycles. The largest absolute Gasteiger partial charge is 0.504 e. The quantitative estimate of drug-likeness (QED) is 0.205. The molecule has 5 rings (SSSR count). The summed E-state index contributed by atoms with van der Waals surface area (Å²) in [5.41, 5.74) is 9.14. The van der Waals surface area contributed by atoms with Gasteiger partial charge >= 0.3 is 0 Å². The van der Waals surface area contributed by atoms with E-state index < -0.39 is 23.0 Å². The molecule has 0 unspecified atom stereocenters. The summed E-state index contributed by atoms with van der Waals surface area (Å²) in [4.78, 5) is 7.34. The van der Waals surface area contributed by atoms with Gasteiger partial charge < -0.3 is 41.4 Å².